The number of sulfone groups is 1. The maximum atomic E-state index is 11.6. The predicted octanol–water partition coefficient (Wildman–Crippen LogP) is 0.234. The first-order valence-corrected chi connectivity index (χ1v) is 7.95. The van der Waals surface area contributed by atoms with E-state index in [4.69, 9.17) is 5.73 Å². The SMILES string of the molecule is CC1CCN(C2(CN)CCS(=O)(=O)C2)CC1. The van der Waals surface area contributed by atoms with Crippen LogP contribution in [0.5, 0.6) is 0 Å². The first kappa shape index (κ1) is 12.3. The van der Waals surface area contributed by atoms with Gasteiger partial charge in [-0.15, -0.1) is 0 Å². The predicted molar refractivity (Wildman–Crippen MR) is 65.0 cm³/mol. The van der Waals surface area contributed by atoms with E-state index in [1.54, 1.807) is 0 Å². The molecule has 4 nitrogen and oxygen atoms in total. The van der Waals surface area contributed by atoms with Crippen LogP contribution in [0, 0.1) is 5.92 Å². The van der Waals surface area contributed by atoms with Crippen molar-refractivity contribution >= 4 is 9.84 Å². The molecule has 0 radical (unpaired) electrons. The molecule has 2 rings (SSSR count). The Hall–Kier alpha value is -0.130. The van der Waals surface area contributed by atoms with Crippen LogP contribution in [0.1, 0.15) is 26.2 Å². The minimum Gasteiger partial charge on any atom is -0.329 e. The molecule has 0 aromatic carbocycles. The average molecular weight is 246 g/mol. The molecule has 0 aromatic heterocycles. The van der Waals surface area contributed by atoms with Crippen LogP contribution in [0.3, 0.4) is 0 Å². The van der Waals surface area contributed by atoms with Gasteiger partial charge >= 0.3 is 0 Å². The fourth-order valence-corrected chi connectivity index (χ4v) is 5.02. The largest absolute Gasteiger partial charge is 0.329 e. The molecule has 16 heavy (non-hydrogen) atoms. The number of likely N-dealkylation sites (tertiary alicyclic amines) is 1. The molecule has 2 N–H and O–H groups in total. The van der Waals surface area contributed by atoms with E-state index in [0.717, 1.165) is 25.4 Å². The van der Waals surface area contributed by atoms with Crippen molar-refractivity contribution in [3.05, 3.63) is 0 Å². The van der Waals surface area contributed by atoms with Crippen LogP contribution in [0.2, 0.25) is 0 Å². The second-order valence-electron chi connectivity index (χ2n) is 5.44. The lowest BCUT2D eigenvalue weighted by Gasteiger charge is -2.43. The monoisotopic (exact) mass is 246 g/mol. The van der Waals surface area contributed by atoms with Gasteiger partial charge in [0, 0.05) is 12.1 Å². The van der Waals surface area contributed by atoms with Crippen molar-refractivity contribution in [1.29, 1.82) is 0 Å². The third-order valence-corrected chi connectivity index (χ3v) is 6.00. The number of piperidine rings is 1. The van der Waals surface area contributed by atoms with Crippen molar-refractivity contribution in [2.45, 2.75) is 31.7 Å². The maximum Gasteiger partial charge on any atom is 0.152 e. The zero-order valence-electron chi connectivity index (χ0n) is 9.98. The van der Waals surface area contributed by atoms with Crippen LogP contribution in [-0.2, 0) is 9.84 Å². The maximum absolute atomic E-state index is 11.6. The van der Waals surface area contributed by atoms with E-state index in [9.17, 15) is 8.42 Å². The Kier molecular flexibility index (Phi) is 3.29. The van der Waals surface area contributed by atoms with Crippen molar-refractivity contribution < 1.29 is 8.42 Å². The smallest absolute Gasteiger partial charge is 0.152 e. The summed E-state index contributed by atoms with van der Waals surface area (Å²) in [6.07, 6.45) is 3.06. The lowest BCUT2D eigenvalue weighted by atomic mass is 9.90. The highest BCUT2D eigenvalue weighted by Crippen LogP contribution is 2.32. The number of hydrogen-bond donors (Lipinski definition) is 1. The van der Waals surface area contributed by atoms with Gasteiger partial charge in [0.15, 0.2) is 9.84 Å². The molecule has 2 saturated heterocycles. The van der Waals surface area contributed by atoms with Gasteiger partial charge in [0.05, 0.1) is 11.5 Å². The molecular weight excluding hydrogens is 224 g/mol. The van der Waals surface area contributed by atoms with Crippen LogP contribution in [-0.4, -0.2) is 50.0 Å². The van der Waals surface area contributed by atoms with Crippen molar-refractivity contribution in [3.8, 4) is 0 Å². The van der Waals surface area contributed by atoms with Crippen molar-refractivity contribution in [3.63, 3.8) is 0 Å². The molecule has 0 bridgehead atoms. The molecule has 94 valence electrons. The first-order valence-electron chi connectivity index (χ1n) is 6.13. The Labute approximate surface area is 98.1 Å². The molecule has 1 atom stereocenters. The highest BCUT2D eigenvalue weighted by atomic mass is 32.2. The highest BCUT2D eigenvalue weighted by molar-refractivity contribution is 7.91. The fraction of sp³-hybridized carbons (Fsp3) is 1.00. The van der Waals surface area contributed by atoms with Crippen LogP contribution in [0.4, 0.5) is 0 Å². The summed E-state index contributed by atoms with van der Waals surface area (Å²) >= 11 is 0. The summed E-state index contributed by atoms with van der Waals surface area (Å²) in [5, 5.41) is 0. The Morgan fingerprint density at radius 2 is 2.00 bits per heavy atom. The second-order valence-corrected chi connectivity index (χ2v) is 7.62. The molecule has 2 fully saturated rings. The summed E-state index contributed by atoms with van der Waals surface area (Å²) < 4.78 is 23.3. The summed E-state index contributed by atoms with van der Waals surface area (Å²) in [5.74, 6) is 1.35. The Morgan fingerprint density at radius 1 is 1.38 bits per heavy atom. The summed E-state index contributed by atoms with van der Waals surface area (Å²) in [6, 6.07) is 0. The summed E-state index contributed by atoms with van der Waals surface area (Å²) in [4.78, 5) is 2.33. The van der Waals surface area contributed by atoms with E-state index in [-0.39, 0.29) is 11.3 Å². The van der Waals surface area contributed by atoms with Crippen LogP contribution >= 0.6 is 0 Å². The molecule has 0 aliphatic carbocycles. The fourth-order valence-electron chi connectivity index (χ4n) is 2.92. The van der Waals surface area contributed by atoms with Gasteiger partial charge in [0.25, 0.3) is 0 Å². The highest BCUT2D eigenvalue weighted by Gasteiger charge is 2.45. The molecule has 1 unspecified atom stereocenters. The Morgan fingerprint density at radius 3 is 2.44 bits per heavy atom. The van der Waals surface area contributed by atoms with Gasteiger partial charge in [-0.1, -0.05) is 6.92 Å². The van der Waals surface area contributed by atoms with E-state index in [1.807, 2.05) is 0 Å². The summed E-state index contributed by atoms with van der Waals surface area (Å²) in [5.41, 5.74) is 5.60. The van der Waals surface area contributed by atoms with Crippen LogP contribution in [0.25, 0.3) is 0 Å². The van der Waals surface area contributed by atoms with E-state index >= 15 is 0 Å². The van der Waals surface area contributed by atoms with Gasteiger partial charge in [-0.3, -0.25) is 4.90 Å². The quantitative estimate of drug-likeness (QED) is 0.758. The van der Waals surface area contributed by atoms with Crippen molar-refractivity contribution in [2.75, 3.05) is 31.1 Å². The Balaban J connectivity index is 2.11. The number of rotatable bonds is 2. The lowest BCUT2D eigenvalue weighted by Crippen LogP contribution is -2.57. The van der Waals surface area contributed by atoms with Gasteiger partial charge in [-0.25, -0.2) is 8.42 Å². The number of nitrogens with zero attached hydrogens (tertiary/aromatic N) is 1. The molecule has 0 aromatic rings. The number of nitrogens with two attached hydrogens (primary N) is 1. The third-order valence-electron chi connectivity index (χ3n) is 4.20. The van der Waals surface area contributed by atoms with Crippen LogP contribution in [0.15, 0.2) is 0 Å². The molecule has 0 spiro atoms. The van der Waals surface area contributed by atoms with Gasteiger partial charge in [-0.2, -0.15) is 0 Å². The van der Waals surface area contributed by atoms with E-state index in [0.29, 0.717) is 12.3 Å². The second kappa shape index (κ2) is 4.27. The van der Waals surface area contributed by atoms with Gasteiger partial charge in [0.1, 0.15) is 0 Å². The molecule has 2 aliphatic heterocycles. The minimum absolute atomic E-state index is 0.251. The zero-order valence-corrected chi connectivity index (χ0v) is 10.8. The van der Waals surface area contributed by atoms with E-state index in [2.05, 4.69) is 11.8 Å². The molecule has 0 saturated carbocycles. The normalized spacial score (nSPS) is 36.6. The Bertz CT molecular complexity index is 347. The van der Waals surface area contributed by atoms with Crippen molar-refractivity contribution in [2.24, 2.45) is 11.7 Å². The topological polar surface area (TPSA) is 63.4 Å². The zero-order chi connectivity index (χ0) is 11.8. The summed E-state index contributed by atoms with van der Waals surface area (Å²) in [7, 11) is -2.85. The standard InChI is InChI=1S/C11H22N2O2S/c1-10-2-5-13(6-3-10)11(8-12)4-7-16(14,15)9-11/h10H,2-9,12H2,1H3. The van der Waals surface area contributed by atoms with Gasteiger partial charge in [0.2, 0.25) is 0 Å². The molecular formula is C11H22N2O2S. The molecule has 0 amide bonds. The van der Waals surface area contributed by atoms with Gasteiger partial charge < -0.3 is 5.73 Å². The average Bonchev–Trinajstić information content (AvgIpc) is 2.57. The molecule has 5 heteroatoms. The first-order chi connectivity index (χ1) is 7.47. The number of hydrogen-bond acceptors (Lipinski definition) is 4. The van der Waals surface area contributed by atoms with Crippen LogP contribution < -0.4 is 5.73 Å². The lowest BCUT2D eigenvalue weighted by molar-refractivity contribution is 0.0758. The third kappa shape index (κ3) is 2.26. The van der Waals surface area contributed by atoms with Crippen molar-refractivity contribution in [1.82, 2.24) is 4.90 Å². The minimum atomic E-state index is -2.85. The molecule has 2 aliphatic rings. The summed E-state index contributed by atoms with van der Waals surface area (Å²) in [6.45, 7) is 4.75. The molecule has 2 heterocycles. The van der Waals surface area contributed by atoms with E-state index in [1.165, 1.54) is 12.8 Å². The van der Waals surface area contributed by atoms with E-state index < -0.39 is 9.84 Å². The van der Waals surface area contributed by atoms with Gasteiger partial charge in [-0.05, 0) is 38.3 Å².